The standard InChI is InChI=1S/C24H29N5O/c1-3-8-20(9-4-1)24-25-23(30-26-24)19-27-13-7-12-22(18-27)29-16-14-28(15-17-29)21-10-5-2-6-11-21/h1-6,8-11,22H,7,12-19H2/t22-/m1/s1. The van der Waals surface area contributed by atoms with Gasteiger partial charge in [0.15, 0.2) is 0 Å². The van der Waals surface area contributed by atoms with E-state index in [1.165, 1.54) is 18.5 Å². The summed E-state index contributed by atoms with van der Waals surface area (Å²) < 4.78 is 5.54. The number of para-hydroxylation sites is 1. The third-order valence-electron chi connectivity index (χ3n) is 6.29. The van der Waals surface area contributed by atoms with E-state index in [-0.39, 0.29) is 0 Å². The average Bonchev–Trinajstić information content (AvgIpc) is 3.29. The second-order valence-electron chi connectivity index (χ2n) is 8.27. The third-order valence-corrected chi connectivity index (χ3v) is 6.29. The van der Waals surface area contributed by atoms with E-state index < -0.39 is 0 Å². The lowest BCUT2D eigenvalue weighted by Crippen LogP contribution is -2.55. The minimum atomic E-state index is 0.619. The maximum absolute atomic E-state index is 5.54. The quantitative estimate of drug-likeness (QED) is 0.650. The normalized spacial score (nSPS) is 21.1. The van der Waals surface area contributed by atoms with Crippen LogP contribution >= 0.6 is 0 Å². The summed E-state index contributed by atoms with van der Waals surface area (Å²) in [5, 5.41) is 4.17. The highest BCUT2D eigenvalue weighted by molar-refractivity contribution is 5.53. The summed E-state index contributed by atoms with van der Waals surface area (Å²) in [5.74, 6) is 1.39. The van der Waals surface area contributed by atoms with E-state index in [9.17, 15) is 0 Å². The summed E-state index contributed by atoms with van der Waals surface area (Å²) in [7, 11) is 0. The topological polar surface area (TPSA) is 48.6 Å². The number of nitrogens with zero attached hydrogens (tertiary/aromatic N) is 5. The fourth-order valence-corrected chi connectivity index (χ4v) is 4.67. The molecular weight excluding hydrogens is 374 g/mol. The summed E-state index contributed by atoms with van der Waals surface area (Å²) in [6.45, 7) is 7.38. The SMILES string of the molecule is c1ccc(-c2noc(CN3CCC[C@@H](N4CCN(c5ccccc5)CC4)C3)n2)cc1. The molecule has 5 rings (SSSR count). The van der Waals surface area contributed by atoms with Crippen molar-refractivity contribution in [3.05, 3.63) is 66.6 Å². The zero-order valence-electron chi connectivity index (χ0n) is 17.4. The minimum absolute atomic E-state index is 0.619. The Hall–Kier alpha value is -2.70. The molecule has 0 bridgehead atoms. The first kappa shape index (κ1) is 19.3. The van der Waals surface area contributed by atoms with Gasteiger partial charge in [-0.05, 0) is 31.5 Å². The number of anilines is 1. The highest BCUT2D eigenvalue weighted by Crippen LogP contribution is 2.22. The van der Waals surface area contributed by atoms with Gasteiger partial charge in [0.2, 0.25) is 11.7 Å². The summed E-state index contributed by atoms with van der Waals surface area (Å²) in [4.78, 5) is 12.3. The summed E-state index contributed by atoms with van der Waals surface area (Å²) in [6, 6.07) is 21.4. The number of hydrogen-bond donors (Lipinski definition) is 0. The number of benzene rings is 2. The molecule has 2 saturated heterocycles. The fourth-order valence-electron chi connectivity index (χ4n) is 4.67. The lowest BCUT2D eigenvalue weighted by atomic mass is 10.0. The van der Waals surface area contributed by atoms with Gasteiger partial charge in [0.25, 0.3) is 0 Å². The van der Waals surface area contributed by atoms with E-state index in [1.54, 1.807) is 0 Å². The van der Waals surface area contributed by atoms with Crippen LogP contribution in [-0.2, 0) is 6.54 Å². The Bertz CT molecular complexity index is 921. The van der Waals surface area contributed by atoms with Crippen LogP contribution in [-0.4, -0.2) is 65.3 Å². The first-order chi connectivity index (χ1) is 14.8. The summed E-state index contributed by atoms with van der Waals surface area (Å²) in [6.07, 6.45) is 2.50. The van der Waals surface area contributed by atoms with Gasteiger partial charge in [0.1, 0.15) is 0 Å². The Balaban J connectivity index is 1.16. The van der Waals surface area contributed by atoms with Crippen molar-refractivity contribution in [2.24, 2.45) is 0 Å². The van der Waals surface area contributed by atoms with E-state index in [4.69, 9.17) is 4.52 Å². The molecule has 3 aromatic rings. The number of likely N-dealkylation sites (tertiary alicyclic amines) is 1. The van der Waals surface area contributed by atoms with Crippen LogP contribution in [0.4, 0.5) is 5.69 Å². The molecule has 6 nitrogen and oxygen atoms in total. The van der Waals surface area contributed by atoms with Gasteiger partial charge in [-0.15, -0.1) is 0 Å². The maximum Gasteiger partial charge on any atom is 0.241 e. The first-order valence-corrected chi connectivity index (χ1v) is 11.0. The van der Waals surface area contributed by atoms with Crippen molar-refractivity contribution in [3.63, 3.8) is 0 Å². The molecule has 0 radical (unpaired) electrons. The van der Waals surface area contributed by atoms with Crippen LogP contribution in [0.5, 0.6) is 0 Å². The van der Waals surface area contributed by atoms with Crippen LogP contribution in [0, 0.1) is 0 Å². The Kier molecular flexibility index (Phi) is 5.77. The monoisotopic (exact) mass is 403 g/mol. The maximum atomic E-state index is 5.54. The van der Waals surface area contributed by atoms with E-state index in [0.29, 0.717) is 17.8 Å². The molecule has 0 N–H and O–H groups in total. The highest BCUT2D eigenvalue weighted by atomic mass is 16.5. The molecule has 6 heteroatoms. The van der Waals surface area contributed by atoms with Gasteiger partial charge in [-0.3, -0.25) is 9.80 Å². The van der Waals surface area contributed by atoms with Gasteiger partial charge in [0, 0.05) is 50.0 Å². The van der Waals surface area contributed by atoms with Crippen molar-refractivity contribution in [2.75, 3.05) is 44.2 Å². The predicted octanol–water partition coefficient (Wildman–Crippen LogP) is 3.52. The van der Waals surface area contributed by atoms with Crippen LogP contribution in [0.2, 0.25) is 0 Å². The van der Waals surface area contributed by atoms with E-state index in [1.807, 2.05) is 30.3 Å². The molecule has 3 heterocycles. The van der Waals surface area contributed by atoms with Gasteiger partial charge in [-0.2, -0.15) is 4.98 Å². The number of rotatable bonds is 5. The zero-order valence-corrected chi connectivity index (χ0v) is 17.4. The average molecular weight is 404 g/mol. The molecule has 0 unspecified atom stereocenters. The number of piperidine rings is 1. The molecule has 156 valence electrons. The number of piperazine rings is 1. The molecule has 2 fully saturated rings. The lowest BCUT2D eigenvalue weighted by molar-refractivity contribution is 0.0825. The smallest absolute Gasteiger partial charge is 0.241 e. The number of aromatic nitrogens is 2. The molecule has 0 amide bonds. The van der Waals surface area contributed by atoms with Gasteiger partial charge >= 0.3 is 0 Å². The van der Waals surface area contributed by atoms with Crippen molar-refractivity contribution < 1.29 is 4.52 Å². The van der Waals surface area contributed by atoms with Crippen LogP contribution in [0.25, 0.3) is 11.4 Å². The largest absolute Gasteiger partial charge is 0.369 e. The Labute approximate surface area is 178 Å². The summed E-state index contributed by atoms with van der Waals surface area (Å²) >= 11 is 0. The van der Waals surface area contributed by atoms with Crippen LogP contribution in [0.15, 0.2) is 65.2 Å². The van der Waals surface area contributed by atoms with Crippen LogP contribution < -0.4 is 4.90 Å². The van der Waals surface area contributed by atoms with Crippen molar-refractivity contribution >= 4 is 5.69 Å². The molecule has 2 aliphatic rings. The predicted molar refractivity (Wildman–Crippen MR) is 118 cm³/mol. The van der Waals surface area contributed by atoms with E-state index in [0.717, 1.165) is 51.4 Å². The minimum Gasteiger partial charge on any atom is -0.369 e. The Morgan fingerprint density at radius 3 is 2.37 bits per heavy atom. The molecule has 1 aromatic heterocycles. The van der Waals surface area contributed by atoms with Crippen molar-refractivity contribution in [1.29, 1.82) is 0 Å². The van der Waals surface area contributed by atoms with Gasteiger partial charge < -0.3 is 9.42 Å². The Morgan fingerprint density at radius 2 is 1.60 bits per heavy atom. The van der Waals surface area contributed by atoms with Crippen LogP contribution in [0.1, 0.15) is 18.7 Å². The second kappa shape index (κ2) is 8.98. The molecule has 30 heavy (non-hydrogen) atoms. The molecule has 1 atom stereocenters. The van der Waals surface area contributed by atoms with Crippen molar-refractivity contribution in [2.45, 2.75) is 25.4 Å². The molecule has 0 saturated carbocycles. The van der Waals surface area contributed by atoms with E-state index in [2.05, 4.69) is 55.2 Å². The molecule has 2 aliphatic heterocycles. The number of hydrogen-bond acceptors (Lipinski definition) is 6. The third kappa shape index (κ3) is 4.40. The summed E-state index contributed by atoms with van der Waals surface area (Å²) in [5.41, 5.74) is 2.34. The molecule has 0 spiro atoms. The van der Waals surface area contributed by atoms with Crippen molar-refractivity contribution in [1.82, 2.24) is 19.9 Å². The second-order valence-corrected chi connectivity index (χ2v) is 8.27. The molecule has 0 aliphatic carbocycles. The highest BCUT2D eigenvalue weighted by Gasteiger charge is 2.29. The van der Waals surface area contributed by atoms with E-state index >= 15 is 0 Å². The van der Waals surface area contributed by atoms with Gasteiger partial charge in [0.05, 0.1) is 6.54 Å². The molecule has 2 aromatic carbocycles. The first-order valence-electron chi connectivity index (χ1n) is 11.0. The van der Waals surface area contributed by atoms with Crippen molar-refractivity contribution in [3.8, 4) is 11.4 Å². The Morgan fingerprint density at radius 1 is 0.867 bits per heavy atom. The molecular formula is C24H29N5O. The van der Waals surface area contributed by atoms with Gasteiger partial charge in [-0.25, -0.2) is 0 Å². The zero-order chi connectivity index (χ0) is 20.2. The van der Waals surface area contributed by atoms with Gasteiger partial charge in [-0.1, -0.05) is 53.7 Å². The lowest BCUT2D eigenvalue weighted by Gasteiger charge is -2.43. The van der Waals surface area contributed by atoms with Crippen LogP contribution in [0.3, 0.4) is 0 Å². The fraction of sp³-hybridized carbons (Fsp3) is 0.417.